The molecule has 0 aliphatic heterocycles. The van der Waals surface area contributed by atoms with E-state index in [0.29, 0.717) is 33.3 Å². The first-order chi connectivity index (χ1) is 15.6. The van der Waals surface area contributed by atoms with Crippen molar-refractivity contribution in [2.24, 2.45) is 5.10 Å². The van der Waals surface area contributed by atoms with E-state index in [1.54, 1.807) is 50.8 Å². The zero-order valence-electron chi connectivity index (χ0n) is 17.5. The van der Waals surface area contributed by atoms with Crippen molar-refractivity contribution in [1.29, 1.82) is 0 Å². The Balaban J connectivity index is 1.63. The molecule has 32 heavy (non-hydrogen) atoms. The highest BCUT2D eigenvalue weighted by Gasteiger charge is 2.13. The van der Waals surface area contributed by atoms with Gasteiger partial charge in [0.15, 0.2) is 11.5 Å². The van der Waals surface area contributed by atoms with Crippen LogP contribution in [-0.4, -0.2) is 31.3 Å². The molecule has 7 heteroatoms. The van der Waals surface area contributed by atoms with E-state index in [2.05, 4.69) is 10.5 Å². The van der Waals surface area contributed by atoms with Gasteiger partial charge in [-0.2, -0.15) is 5.10 Å². The van der Waals surface area contributed by atoms with Crippen LogP contribution in [0.2, 0.25) is 5.02 Å². The number of aromatic nitrogens is 1. The molecular formula is C25H20ClN3O3. The summed E-state index contributed by atoms with van der Waals surface area (Å²) >= 11 is 6.00. The topological polar surface area (TPSA) is 72.8 Å². The van der Waals surface area contributed by atoms with Crippen LogP contribution >= 0.6 is 11.6 Å². The molecule has 6 nitrogen and oxygen atoms in total. The highest BCUT2D eigenvalue weighted by Crippen LogP contribution is 2.27. The average molecular weight is 446 g/mol. The van der Waals surface area contributed by atoms with Gasteiger partial charge in [0.1, 0.15) is 0 Å². The van der Waals surface area contributed by atoms with Gasteiger partial charge in [-0.15, -0.1) is 0 Å². The van der Waals surface area contributed by atoms with Crippen molar-refractivity contribution in [3.63, 3.8) is 0 Å². The fourth-order valence-electron chi connectivity index (χ4n) is 3.29. The molecule has 4 aromatic rings. The summed E-state index contributed by atoms with van der Waals surface area (Å²) in [4.78, 5) is 17.7. The Morgan fingerprint density at radius 1 is 0.969 bits per heavy atom. The van der Waals surface area contributed by atoms with Gasteiger partial charge in [0.05, 0.1) is 37.2 Å². The van der Waals surface area contributed by atoms with Crippen molar-refractivity contribution in [3.8, 4) is 22.8 Å². The lowest BCUT2D eigenvalue weighted by molar-refractivity contribution is 0.0956. The van der Waals surface area contributed by atoms with Crippen LogP contribution in [0.4, 0.5) is 0 Å². The summed E-state index contributed by atoms with van der Waals surface area (Å²) in [6.45, 7) is 0. The number of ether oxygens (including phenoxy) is 2. The smallest absolute Gasteiger partial charge is 0.272 e. The van der Waals surface area contributed by atoms with Crippen LogP contribution in [0.15, 0.2) is 77.9 Å². The Morgan fingerprint density at radius 2 is 1.72 bits per heavy atom. The van der Waals surface area contributed by atoms with Crippen molar-refractivity contribution >= 4 is 34.6 Å². The second-order valence-corrected chi connectivity index (χ2v) is 7.33. The first kappa shape index (κ1) is 21.3. The van der Waals surface area contributed by atoms with E-state index < -0.39 is 0 Å². The number of rotatable bonds is 6. The number of methoxy groups -OCH3 is 2. The highest BCUT2D eigenvalue weighted by atomic mass is 35.5. The Kier molecular flexibility index (Phi) is 6.33. The fourth-order valence-corrected chi connectivity index (χ4v) is 3.42. The number of pyridine rings is 1. The van der Waals surface area contributed by atoms with E-state index in [0.717, 1.165) is 16.5 Å². The molecule has 0 radical (unpaired) electrons. The molecule has 0 aliphatic rings. The monoisotopic (exact) mass is 445 g/mol. The normalized spacial score (nSPS) is 11.0. The van der Waals surface area contributed by atoms with Crippen LogP contribution in [0.5, 0.6) is 11.5 Å². The number of hydrazone groups is 1. The number of hydrogen-bond acceptors (Lipinski definition) is 5. The molecule has 0 spiro atoms. The fraction of sp³-hybridized carbons (Fsp3) is 0.0800. The van der Waals surface area contributed by atoms with Crippen LogP contribution in [-0.2, 0) is 0 Å². The number of halogens is 1. The second-order valence-electron chi connectivity index (χ2n) is 6.89. The SMILES string of the molecule is COc1ccc(/C=N/NC(=O)c2cc(-c3ccc(Cl)cc3)nc3ccccc23)cc1OC. The zero-order valence-corrected chi connectivity index (χ0v) is 18.3. The van der Waals surface area contributed by atoms with Crippen molar-refractivity contribution < 1.29 is 14.3 Å². The van der Waals surface area contributed by atoms with Gasteiger partial charge in [-0.25, -0.2) is 10.4 Å². The summed E-state index contributed by atoms with van der Waals surface area (Å²) in [5.74, 6) is 0.859. The van der Waals surface area contributed by atoms with Gasteiger partial charge in [0, 0.05) is 16.0 Å². The van der Waals surface area contributed by atoms with E-state index in [4.69, 9.17) is 26.1 Å². The molecule has 1 aromatic heterocycles. The summed E-state index contributed by atoms with van der Waals surface area (Å²) < 4.78 is 10.5. The van der Waals surface area contributed by atoms with E-state index in [1.807, 2.05) is 42.5 Å². The van der Waals surface area contributed by atoms with Crippen molar-refractivity contribution in [2.75, 3.05) is 14.2 Å². The molecular weight excluding hydrogens is 426 g/mol. The van der Waals surface area contributed by atoms with Gasteiger partial charge >= 0.3 is 0 Å². The summed E-state index contributed by atoms with van der Waals surface area (Å²) in [6, 6.07) is 21.9. The number of nitrogens with one attached hydrogen (secondary N) is 1. The molecule has 3 aromatic carbocycles. The molecule has 1 heterocycles. The van der Waals surface area contributed by atoms with Crippen LogP contribution in [0, 0.1) is 0 Å². The first-order valence-corrected chi connectivity index (χ1v) is 10.2. The number of para-hydroxylation sites is 1. The predicted molar refractivity (Wildman–Crippen MR) is 127 cm³/mol. The maximum Gasteiger partial charge on any atom is 0.272 e. The van der Waals surface area contributed by atoms with Gasteiger partial charge in [-0.1, -0.05) is 41.9 Å². The standard InChI is InChI=1S/C25H20ClN3O3/c1-31-23-12-7-16(13-24(23)32-2)15-27-29-25(30)20-14-22(17-8-10-18(26)11-9-17)28-21-6-4-3-5-19(20)21/h3-15H,1-2H3,(H,29,30)/b27-15+. The average Bonchev–Trinajstić information content (AvgIpc) is 2.83. The predicted octanol–water partition coefficient (Wildman–Crippen LogP) is 5.34. The van der Waals surface area contributed by atoms with Crippen molar-refractivity contribution in [1.82, 2.24) is 10.4 Å². The number of carbonyl (C=O) groups is 1. The zero-order chi connectivity index (χ0) is 22.5. The number of amides is 1. The van der Waals surface area contributed by atoms with Gasteiger partial charge < -0.3 is 9.47 Å². The molecule has 0 unspecified atom stereocenters. The van der Waals surface area contributed by atoms with Crippen molar-refractivity contribution in [3.05, 3.63) is 88.9 Å². The lowest BCUT2D eigenvalue weighted by Gasteiger charge is -2.09. The number of fused-ring (bicyclic) bond motifs is 1. The maximum atomic E-state index is 13.0. The number of hydrogen-bond donors (Lipinski definition) is 1. The van der Waals surface area contributed by atoms with Crippen LogP contribution in [0.1, 0.15) is 15.9 Å². The molecule has 0 bridgehead atoms. The molecule has 1 N–H and O–H groups in total. The van der Waals surface area contributed by atoms with Crippen LogP contribution in [0.3, 0.4) is 0 Å². The van der Waals surface area contributed by atoms with E-state index in [1.165, 1.54) is 0 Å². The molecule has 0 aliphatic carbocycles. The highest BCUT2D eigenvalue weighted by molar-refractivity contribution is 6.30. The lowest BCUT2D eigenvalue weighted by atomic mass is 10.0. The first-order valence-electron chi connectivity index (χ1n) is 9.80. The lowest BCUT2D eigenvalue weighted by Crippen LogP contribution is -2.18. The largest absolute Gasteiger partial charge is 0.493 e. The Labute approximate surface area is 190 Å². The van der Waals surface area contributed by atoms with Gasteiger partial charge in [-0.3, -0.25) is 4.79 Å². The molecule has 0 saturated carbocycles. The quantitative estimate of drug-likeness (QED) is 0.321. The number of carbonyl (C=O) groups excluding carboxylic acids is 1. The second kappa shape index (κ2) is 9.49. The van der Waals surface area contributed by atoms with Crippen LogP contribution < -0.4 is 14.9 Å². The minimum absolute atomic E-state index is 0.337. The third-order valence-corrected chi connectivity index (χ3v) is 5.14. The number of benzene rings is 3. The summed E-state index contributed by atoms with van der Waals surface area (Å²) in [6.07, 6.45) is 1.54. The summed E-state index contributed by atoms with van der Waals surface area (Å²) in [5, 5.41) is 5.49. The van der Waals surface area contributed by atoms with Crippen LogP contribution in [0.25, 0.3) is 22.2 Å². The summed E-state index contributed by atoms with van der Waals surface area (Å²) in [7, 11) is 3.14. The minimum atomic E-state index is -0.337. The molecule has 4 rings (SSSR count). The molecule has 0 saturated heterocycles. The minimum Gasteiger partial charge on any atom is -0.493 e. The van der Waals surface area contributed by atoms with Gasteiger partial charge in [0.25, 0.3) is 5.91 Å². The Bertz CT molecular complexity index is 1300. The number of nitrogens with zero attached hydrogens (tertiary/aromatic N) is 2. The Morgan fingerprint density at radius 3 is 2.47 bits per heavy atom. The third-order valence-electron chi connectivity index (χ3n) is 4.89. The third kappa shape index (κ3) is 4.55. The molecule has 160 valence electrons. The van der Waals surface area contributed by atoms with Gasteiger partial charge in [0.2, 0.25) is 0 Å². The molecule has 0 atom stereocenters. The van der Waals surface area contributed by atoms with Crippen molar-refractivity contribution in [2.45, 2.75) is 0 Å². The summed E-state index contributed by atoms with van der Waals surface area (Å²) in [5.41, 5.74) is 6.09. The van der Waals surface area contributed by atoms with E-state index in [-0.39, 0.29) is 5.91 Å². The Hall–Kier alpha value is -3.90. The van der Waals surface area contributed by atoms with Gasteiger partial charge in [-0.05, 0) is 48.0 Å². The maximum absolute atomic E-state index is 13.0. The van der Waals surface area contributed by atoms with E-state index >= 15 is 0 Å². The molecule has 0 fully saturated rings. The molecule has 1 amide bonds. The van der Waals surface area contributed by atoms with E-state index in [9.17, 15) is 4.79 Å².